The van der Waals surface area contributed by atoms with Crippen LogP contribution in [0.4, 0.5) is 11.4 Å². The van der Waals surface area contributed by atoms with Gasteiger partial charge in [-0.3, -0.25) is 14.4 Å². The molecule has 196 valence electrons. The molecule has 8 nitrogen and oxygen atoms in total. The van der Waals surface area contributed by atoms with Gasteiger partial charge in [-0.05, 0) is 48.7 Å². The number of anilines is 2. The highest BCUT2D eigenvalue weighted by molar-refractivity contribution is 6.08. The number of carbonyl (C=O) groups excluding carboxylic acids is 3. The van der Waals surface area contributed by atoms with Crippen molar-refractivity contribution in [3.05, 3.63) is 83.9 Å². The highest BCUT2D eigenvalue weighted by atomic mass is 16.5. The minimum atomic E-state index is -0.396. The number of fused-ring (bicyclic) bond motifs is 2. The average molecular weight is 514 g/mol. The number of para-hydroxylation sites is 2. The second-order valence-corrected chi connectivity index (χ2v) is 9.52. The summed E-state index contributed by atoms with van der Waals surface area (Å²) in [5, 5.41) is 2.75. The Morgan fingerprint density at radius 2 is 1.61 bits per heavy atom. The third kappa shape index (κ3) is 4.81. The van der Waals surface area contributed by atoms with Crippen LogP contribution in [0, 0.1) is 5.92 Å². The fraction of sp³-hybridized carbons (Fsp3) is 0.300. The Morgan fingerprint density at radius 3 is 2.34 bits per heavy atom. The maximum Gasteiger partial charge on any atom is 0.251 e. The molecular formula is C30H31N3O5. The zero-order valence-electron chi connectivity index (χ0n) is 21.6. The van der Waals surface area contributed by atoms with E-state index in [4.69, 9.17) is 9.47 Å². The standard InChI is InChI=1S/C30H31N3O5/c1-37-26-16-15-21(17-27(26)38-2)29(35)31-18-28(34)33-23-14-8-11-22(23)30(36)32(19-20-9-4-3-5-10-20)24-12-6-7-13-25(24)33/h3-7,9-10,12-13,15-17,22-23H,8,11,14,18-19H2,1-2H3,(H,31,35). The number of amides is 3. The lowest BCUT2D eigenvalue weighted by molar-refractivity contribution is -0.123. The Kier molecular flexibility index (Phi) is 7.31. The first-order chi connectivity index (χ1) is 18.5. The molecule has 3 aromatic carbocycles. The van der Waals surface area contributed by atoms with E-state index in [-0.39, 0.29) is 30.3 Å². The molecule has 1 saturated carbocycles. The molecule has 0 bridgehead atoms. The molecule has 3 amide bonds. The summed E-state index contributed by atoms with van der Waals surface area (Å²) in [6.07, 6.45) is 2.33. The fourth-order valence-corrected chi connectivity index (χ4v) is 5.50. The van der Waals surface area contributed by atoms with Gasteiger partial charge in [-0.1, -0.05) is 48.9 Å². The molecule has 1 fully saturated rings. The van der Waals surface area contributed by atoms with Gasteiger partial charge in [0.25, 0.3) is 5.91 Å². The number of nitrogens with one attached hydrogen (secondary N) is 1. The summed E-state index contributed by atoms with van der Waals surface area (Å²) in [7, 11) is 3.03. The van der Waals surface area contributed by atoms with Crippen LogP contribution < -0.4 is 24.6 Å². The topological polar surface area (TPSA) is 88.2 Å². The summed E-state index contributed by atoms with van der Waals surface area (Å²) in [4.78, 5) is 44.0. The molecule has 3 aromatic rings. The average Bonchev–Trinajstić information content (AvgIpc) is 3.41. The van der Waals surface area contributed by atoms with Crippen molar-refractivity contribution in [3.63, 3.8) is 0 Å². The molecule has 0 aromatic heterocycles. The van der Waals surface area contributed by atoms with Crippen molar-refractivity contribution in [1.82, 2.24) is 5.32 Å². The minimum Gasteiger partial charge on any atom is -0.493 e. The Morgan fingerprint density at radius 1 is 0.895 bits per heavy atom. The molecule has 8 heteroatoms. The summed E-state index contributed by atoms with van der Waals surface area (Å²) in [5.74, 6) is 0.0341. The first-order valence-electron chi connectivity index (χ1n) is 12.8. The van der Waals surface area contributed by atoms with Crippen molar-refractivity contribution in [2.24, 2.45) is 5.92 Å². The molecule has 2 aliphatic rings. The lowest BCUT2D eigenvalue weighted by Gasteiger charge is -2.30. The van der Waals surface area contributed by atoms with Crippen molar-refractivity contribution in [2.45, 2.75) is 31.8 Å². The lowest BCUT2D eigenvalue weighted by Crippen LogP contribution is -2.48. The molecule has 1 aliphatic carbocycles. The molecule has 2 atom stereocenters. The van der Waals surface area contributed by atoms with E-state index >= 15 is 0 Å². The number of hydrogen-bond acceptors (Lipinski definition) is 5. The second kappa shape index (κ2) is 11.0. The first kappa shape index (κ1) is 25.3. The van der Waals surface area contributed by atoms with Crippen LogP contribution in [0.25, 0.3) is 0 Å². The predicted octanol–water partition coefficient (Wildman–Crippen LogP) is 4.18. The van der Waals surface area contributed by atoms with E-state index in [2.05, 4.69) is 5.32 Å². The number of benzene rings is 3. The van der Waals surface area contributed by atoms with Crippen molar-refractivity contribution < 1.29 is 23.9 Å². The van der Waals surface area contributed by atoms with Gasteiger partial charge >= 0.3 is 0 Å². The summed E-state index contributed by atoms with van der Waals surface area (Å²) >= 11 is 0. The SMILES string of the molecule is COc1ccc(C(=O)NCC(=O)N2c3ccccc3N(Cc3ccccc3)C(=O)C3CCCC32)cc1OC. The number of rotatable bonds is 7. The molecule has 1 N–H and O–H groups in total. The van der Waals surface area contributed by atoms with Gasteiger partial charge in [0.1, 0.15) is 0 Å². The van der Waals surface area contributed by atoms with E-state index < -0.39 is 5.91 Å². The summed E-state index contributed by atoms with van der Waals surface area (Å²) in [6, 6.07) is 22.0. The third-order valence-corrected chi connectivity index (χ3v) is 7.32. The Labute approximate surface area is 222 Å². The van der Waals surface area contributed by atoms with Crippen LogP contribution in [0.3, 0.4) is 0 Å². The van der Waals surface area contributed by atoms with Crippen LogP contribution >= 0.6 is 0 Å². The van der Waals surface area contributed by atoms with Gasteiger partial charge in [-0.15, -0.1) is 0 Å². The molecule has 1 heterocycles. The van der Waals surface area contributed by atoms with Gasteiger partial charge in [0.2, 0.25) is 11.8 Å². The van der Waals surface area contributed by atoms with Gasteiger partial charge in [-0.25, -0.2) is 0 Å². The van der Waals surface area contributed by atoms with Crippen molar-refractivity contribution in [3.8, 4) is 11.5 Å². The van der Waals surface area contributed by atoms with Crippen molar-refractivity contribution >= 4 is 29.1 Å². The number of nitrogens with zero attached hydrogens (tertiary/aromatic N) is 2. The van der Waals surface area contributed by atoms with Crippen molar-refractivity contribution in [2.75, 3.05) is 30.6 Å². The minimum absolute atomic E-state index is 0.0356. The Hall–Kier alpha value is -4.33. The van der Waals surface area contributed by atoms with Gasteiger partial charge in [-0.2, -0.15) is 0 Å². The fourth-order valence-electron chi connectivity index (χ4n) is 5.50. The normalized spacial score (nSPS) is 18.3. The highest BCUT2D eigenvalue weighted by Crippen LogP contribution is 2.43. The number of ether oxygens (including phenoxy) is 2. The molecule has 0 spiro atoms. The third-order valence-electron chi connectivity index (χ3n) is 7.32. The van der Waals surface area contributed by atoms with Crippen LogP contribution in [0.15, 0.2) is 72.8 Å². The van der Waals surface area contributed by atoms with Gasteiger partial charge < -0.3 is 24.6 Å². The van der Waals surface area contributed by atoms with Crippen LogP contribution in [0.2, 0.25) is 0 Å². The van der Waals surface area contributed by atoms with Crippen LogP contribution in [-0.4, -0.2) is 44.5 Å². The van der Waals surface area contributed by atoms with Gasteiger partial charge in [0, 0.05) is 11.6 Å². The zero-order valence-corrected chi connectivity index (χ0v) is 21.6. The molecule has 1 aliphatic heterocycles. The van der Waals surface area contributed by atoms with Gasteiger partial charge in [0.15, 0.2) is 11.5 Å². The molecule has 0 saturated heterocycles. The molecular weight excluding hydrogens is 482 g/mol. The van der Waals surface area contributed by atoms with E-state index in [9.17, 15) is 14.4 Å². The lowest BCUT2D eigenvalue weighted by atomic mass is 10.0. The van der Waals surface area contributed by atoms with Crippen LogP contribution in [0.5, 0.6) is 11.5 Å². The Bertz CT molecular complexity index is 1340. The quantitative estimate of drug-likeness (QED) is 0.512. The number of hydrogen-bond donors (Lipinski definition) is 1. The highest BCUT2D eigenvalue weighted by Gasteiger charge is 2.45. The summed E-state index contributed by atoms with van der Waals surface area (Å²) in [6.45, 7) is 0.232. The second-order valence-electron chi connectivity index (χ2n) is 9.52. The van der Waals surface area contributed by atoms with E-state index in [1.165, 1.54) is 14.2 Å². The maximum absolute atomic E-state index is 13.8. The maximum atomic E-state index is 13.8. The Balaban J connectivity index is 1.42. The van der Waals surface area contributed by atoms with E-state index in [0.717, 1.165) is 24.8 Å². The van der Waals surface area contributed by atoms with Gasteiger partial charge in [0.05, 0.1) is 44.6 Å². The smallest absolute Gasteiger partial charge is 0.251 e. The molecule has 5 rings (SSSR count). The largest absolute Gasteiger partial charge is 0.493 e. The number of methoxy groups -OCH3 is 2. The molecule has 38 heavy (non-hydrogen) atoms. The molecule has 2 unspecified atom stereocenters. The van der Waals surface area contributed by atoms with E-state index in [1.54, 1.807) is 23.1 Å². The first-order valence-corrected chi connectivity index (χ1v) is 12.8. The number of carbonyl (C=O) groups is 3. The summed E-state index contributed by atoms with van der Waals surface area (Å²) in [5.41, 5.74) is 2.77. The monoisotopic (exact) mass is 513 g/mol. The van der Waals surface area contributed by atoms with E-state index in [1.807, 2.05) is 59.5 Å². The van der Waals surface area contributed by atoms with Crippen LogP contribution in [-0.2, 0) is 16.1 Å². The van der Waals surface area contributed by atoms with Crippen LogP contribution in [0.1, 0.15) is 35.2 Å². The van der Waals surface area contributed by atoms with Crippen molar-refractivity contribution in [1.29, 1.82) is 0 Å². The molecule has 0 radical (unpaired) electrons. The zero-order chi connectivity index (χ0) is 26.6. The predicted molar refractivity (Wildman–Crippen MR) is 145 cm³/mol. The van der Waals surface area contributed by atoms with E-state index in [0.29, 0.717) is 35.0 Å². The summed E-state index contributed by atoms with van der Waals surface area (Å²) < 4.78 is 10.5.